The van der Waals surface area contributed by atoms with E-state index in [9.17, 15) is 14.0 Å². The first-order valence-corrected chi connectivity index (χ1v) is 10.9. The summed E-state index contributed by atoms with van der Waals surface area (Å²) >= 11 is 6.00. The number of hydrogen-bond donors (Lipinski definition) is 0. The molecule has 1 aliphatic rings. The molecule has 0 unspecified atom stereocenters. The van der Waals surface area contributed by atoms with Crippen molar-refractivity contribution in [2.45, 2.75) is 39.8 Å². The summed E-state index contributed by atoms with van der Waals surface area (Å²) < 4.78 is 16.1. The van der Waals surface area contributed by atoms with Gasteiger partial charge >= 0.3 is 0 Å². The Balaban J connectivity index is 1.90. The Labute approximate surface area is 182 Å². The molecule has 1 atom stereocenters. The number of rotatable bonds is 7. The van der Waals surface area contributed by atoms with Gasteiger partial charge in [-0.05, 0) is 50.1 Å². The number of fused-ring (bicyclic) bond motifs is 1. The van der Waals surface area contributed by atoms with E-state index in [4.69, 9.17) is 11.6 Å². The number of hydrogen-bond acceptors (Lipinski definition) is 2. The van der Waals surface area contributed by atoms with Gasteiger partial charge in [0.2, 0.25) is 11.8 Å². The van der Waals surface area contributed by atoms with E-state index in [0.717, 1.165) is 17.7 Å². The molecule has 1 aliphatic heterocycles. The van der Waals surface area contributed by atoms with Crippen LogP contribution in [0, 0.1) is 11.2 Å². The molecule has 30 heavy (non-hydrogen) atoms. The Morgan fingerprint density at radius 1 is 1.23 bits per heavy atom. The molecule has 2 amide bonds. The summed E-state index contributed by atoms with van der Waals surface area (Å²) in [7, 11) is 0. The van der Waals surface area contributed by atoms with Crippen LogP contribution in [0.2, 0.25) is 0 Å². The molecule has 3 rings (SSSR count). The highest BCUT2D eigenvalue weighted by molar-refractivity contribution is 6.19. The van der Waals surface area contributed by atoms with Crippen molar-refractivity contribution in [1.82, 2.24) is 14.4 Å². The summed E-state index contributed by atoms with van der Waals surface area (Å²) in [5, 5.41) is 0. The molecule has 0 saturated heterocycles. The van der Waals surface area contributed by atoms with Crippen LogP contribution in [-0.4, -0.2) is 51.7 Å². The Bertz CT molecular complexity index is 911. The van der Waals surface area contributed by atoms with E-state index >= 15 is 0 Å². The highest BCUT2D eigenvalue weighted by atomic mass is 35.5. The van der Waals surface area contributed by atoms with Crippen LogP contribution in [0.5, 0.6) is 0 Å². The minimum absolute atomic E-state index is 0.0144. The fourth-order valence-electron chi connectivity index (χ4n) is 3.94. The number of benzene rings is 1. The second kappa shape index (κ2) is 9.21. The molecule has 0 spiro atoms. The molecule has 1 aromatic heterocycles. The minimum atomic E-state index is -0.741. The van der Waals surface area contributed by atoms with Gasteiger partial charge in [0, 0.05) is 37.4 Å². The SMILES string of the molecule is CCCN(CC(=O)N1CCn2cccc2[C@H]1c1cccc(F)c1)C(=O)C(C)(C)CCl. The first-order chi connectivity index (χ1) is 14.3. The molecule has 7 heteroatoms. The Hall–Kier alpha value is -2.34. The Kier molecular flexibility index (Phi) is 6.86. The summed E-state index contributed by atoms with van der Waals surface area (Å²) in [5.74, 6) is -0.432. The van der Waals surface area contributed by atoms with Gasteiger partial charge in [-0.25, -0.2) is 4.39 Å². The lowest BCUT2D eigenvalue weighted by atomic mass is 9.94. The lowest BCUT2D eigenvalue weighted by Gasteiger charge is -2.39. The van der Waals surface area contributed by atoms with Crippen LogP contribution >= 0.6 is 11.6 Å². The average molecular weight is 434 g/mol. The number of carbonyl (C=O) groups is 2. The van der Waals surface area contributed by atoms with Crippen molar-refractivity contribution >= 4 is 23.4 Å². The molecular weight excluding hydrogens is 405 g/mol. The number of alkyl halides is 1. The largest absolute Gasteiger partial charge is 0.348 e. The molecule has 5 nitrogen and oxygen atoms in total. The monoisotopic (exact) mass is 433 g/mol. The van der Waals surface area contributed by atoms with E-state index in [1.54, 1.807) is 29.7 Å². The summed E-state index contributed by atoms with van der Waals surface area (Å²) in [6.45, 7) is 7.18. The van der Waals surface area contributed by atoms with Crippen molar-refractivity contribution in [2.75, 3.05) is 25.5 Å². The van der Waals surface area contributed by atoms with Crippen molar-refractivity contribution in [2.24, 2.45) is 5.41 Å². The predicted molar refractivity (Wildman–Crippen MR) is 116 cm³/mol. The number of carbonyl (C=O) groups excluding carboxylic acids is 2. The maximum atomic E-state index is 14.0. The summed E-state index contributed by atoms with van der Waals surface area (Å²) in [6.07, 6.45) is 2.72. The molecule has 0 N–H and O–H groups in total. The van der Waals surface area contributed by atoms with Gasteiger partial charge in [0.05, 0.1) is 18.0 Å². The molecule has 162 valence electrons. The zero-order valence-electron chi connectivity index (χ0n) is 17.8. The minimum Gasteiger partial charge on any atom is -0.348 e. The first kappa shape index (κ1) is 22.3. The molecule has 2 aromatic rings. The maximum absolute atomic E-state index is 14.0. The molecule has 2 heterocycles. The number of aromatic nitrogens is 1. The topological polar surface area (TPSA) is 45.6 Å². The second-order valence-corrected chi connectivity index (χ2v) is 8.68. The maximum Gasteiger partial charge on any atom is 0.243 e. The van der Waals surface area contributed by atoms with Gasteiger partial charge < -0.3 is 14.4 Å². The standard InChI is InChI=1S/C23H29ClFN3O2/c1-4-10-27(22(30)23(2,3)16-24)15-20(29)28-13-12-26-11-6-9-19(26)21(28)17-7-5-8-18(25)14-17/h5-9,11,14,21H,4,10,12-13,15-16H2,1-3H3/t21-/m1/s1. The highest BCUT2D eigenvalue weighted by Gasteiger charge is 2.36. The van der Waals surface area contributed by atoms with Gasteiger partial charge in [-0.15, -0.1) is 11.6 Å². The van der Waals surface area contributed by atoms with Crippen molar-refractivity contribution in [3.63, 3.8) is 0 Å². The van der Waals surface area contributed by atoms with E-state index in [2.05, 4.69) is 4.57 Å². The zero-order chi connectivity index (χ0) is 21.9. The third-order valence-electron chi connectivity index (χ3n) is 5.54. The summed E-state index contributed by atoms with van der Waals surface area (Å²) in [4.78, 5) is 29.7. The van der Waals surface area contributed by atoms with Crippen molar-refractivity contribution in [1.29, 1.82) is 0 Å². The highest BCUT2D eigenvalue weighted by Crippen LogP contribution is 2.33. The lowest BCUT2D eigenvalue weighted by Crippen LogP contribution is -2.50. The van der Waals surface area contributed by atoms with Crippen LogP contribution in [0.3, 0.4) is 0 Å². The van der Waals surface area contributed by atoms with Gasteiger partial charge in [-0.2, -0.15) is 0 Å². The van der Waals surface area contributed by atoms with Gasteiger partial charge in [0.15, 0.2) is 0 Å². The lowest BCUT2D eigenvalue weighted by molar-refractivity contribution is -0.146. The molecule has 0 radical (unpaired) electrons. The van der Waals surface area contributed by atoms with E-state index in [-0.39, 0.29) is 30.1 Å². The fraction of sp³-hybridized carbons (Fsp3) is 0.478. The Morgan fingerprint density at radius 2 is 2.00 bits per heavy atom. The smallest absolute Gasteiger partial charge is 0.243 e. The van der Waals surface area contributed by atoms with E-state index in [1.807, 2.05) is 31.3 Å². The van der Waals surface area contributed by atoms with E-state index in [1.165, 1.54) is 12.1 Å². The molecular formula is C23H29ClFN3O2. The number of nitrogens with zero attached hydrogens (tertiary/aromatic N) is 3. The average Bonchev–Trinajstić information content (AvgIpc) is 3.20. The quantitative estimate of drug-likeness (QED) is 0.618. The second-order valence-electron chi connectivity index (χ2n) is 8.42. The van der Waals surface area contributed by atoms with Crippen LogP contribution in [0.15, 0.2) is 42.6 Å². The zero-order valence-corrected chi connectivity index (χ0v) is 18.5. The molecule has 0 bridgehead atoms. The van der Waals surface area contributed by atoms with Crippen LogP contribution in [-0.2, 0) is 16.1 Å². The predicted octanol–water partition coefficient (Wildman–Crippen LogP) is 4.06. The third kappa shape index (κ3) is 4.53. The molecule has 1 aromatic carbocycles. The molecule has 0 saturated carbocycles. The van der Waals surface area contributed by atoms with Crippen LogP contribution in [0.25, 0.3) is 0 Å². The summed E-state index contributed by atoms with van der Waals surface area (Å²) in [5.41, 5.74) is 0.919. The molecule has 0 fully saturated rings. The van der Waals surface area contributed by atoms with E-state index < -0.39 is 11.5 Å². The Morgan fingerprint density at radius 3 is 2.67 bits per heavy atom. The van der Waals surface area contributed by atoms with Gasteiger partial charge in [-0.3, -0.25) is 9.59 Å². The fourth-order valence-corrected chi connectivity index (χ4v) is 4.06. The van der Waals surface area contributed by atoms with Gasteiger partial charge in [0.1, 0.15) is 5.82 Å². The van der Waals surface area contributed by atoms with E-state index in [0.29, 0.717) is 19.6 Å². The number of amides is 2. The molecule has 0 aliphatic carbocycles. The number of halogens is 2. The van der Waals surface area contributed by atoms with Crippen LogP contribution in [0.4, 0.5) is 4.39 Å². The van der Waals surface area contributed by atoms with Crippen LogP contribution in [0.1, 0.15) is 44.5 Å². The van der Waals surface area contributed by atoms with Gasteiger partial charge in [-0.1, -0.05) is 19.1 Å². The normalized spacial score (nSPS) is 16.3. The summed E-state index contributed by atoms with van der Waals surface area (Å²) in [6, 6.07) is 9.86. The van der Waals surface area contributed by atoms with Crippen LogP contribution < -0.4 is 0 Å². The van der Waals surface area contributed by atoms with Crippen molar-refractivity contribution in [3.8, 4) is 0 Å². The van der Waals surface area contributed by atoms with Crippen molar-refractivity contribution < 1.29 is 14.0 Å². The first-order valence-electron chi connectivity index (χ1n) is 10.3. The van der Waals surface area contributed by atoms with Crippen molar-refractivity contribution in [3.05, 3.63) is 59.7 Å². The van der Waals surface area contributed by atoms with Gasteiger partial charge in [0.25, 0.3) is 0 Å². The third-order valence-corrected chi connectivity index (χ3v) is 6.21.